The first-order chi connectivity index (χ1) is 8.05. The Morgan fingerprint density at radius 1 is 1.59 bits per heavy atom. The summed E-state index contributed by atoms with van der Waals surface area (Å²) < 4.78 is 5.31. The molecule has 0 aliphatic heterocycles. The molecule has 0 spiro atoms. The number of rotatable bonds is 4. The molecule has 1 aliphatic carbocycles. The molecule has 0 atom stereocenters. The summed E-state index contributed by atoms with van der Waals surface area (Å²) in [7, 11) is 0. The molecule has 1 aromatic carbocycles. The minimum atomic E-state index is -0.676. The van der Waals surface area contributed by atoms with Crippen LogP contribution < -0.4 is 15.8 Å². The molecule has 0 unspecified atom stereocenters. The highest BCUT2D eigenvalue weighted by Gasteiger charge is 2.45. The van der Waals surface area contributed by atoms with E-state index >= 15 is 0 Å². The Kier molecular flexibility index (Phi) is 3.26. The molecule has 0 bridgehead atoms. The van der Waals surface area contributed by atoms with Crippen LogP contribution in [0.1, 0.15) is 19.8 Å². The normalized spacial score (nSPS) is 16.4. The number of hydrogen-bond acceptors (Lipinski definition) is 3. The lowest BCUT2D eigenvalue weighted by atomic mass is 10.2. The molecule has 1 aliphatic rings. The summed E-state index contributed by atoms with van der Waals surface area (Å²) in [5.41, 5.74) is 5.75. The molecule has 0 saturated heterocycles. The first-order valence-corrected chi connectivity index (χ1v) is 5.95. The monoisotopic (exact) mass is 254 g/mol. The molecule has 1 saturated carbocycles. The number of amides is 1. The third-order valence-electron chi connectivity index (χ3n) is 2.73. The van der Waals surface area contributed by atoms with Crippen molar-refractivity contribution < 1.29 is 9.53 Å². The number of nitrogens with one attached hydrogen (secondary N) is 1. The van der Waals surface area contributed by atoms with E-state index in [1.54, 1.807) is 18.2 Å². The Morgan fingerprint density at radius 2 is 2.29 bits per heavy atom. The lowest BCUT2D eigenvalue weighted by Crippen LogP contribution is -2.37. The van der Waals surface area contributed by atoms with Crippen LogP contribution in [0, 0.1) is 0 Å². The minimum Gasteiger partial charge on any atom is -0.492 e. The molecule has 4 nitrogen and oxygen atoms in total. The smallest absolute Gasteiger partial charge is 0.244 e. The predicted octanol–water partition coefficient (Wildman–Crippen LogP) is 2.17. The standard InChI is InChI=1S/C12H15ClN2O2/c1-2-17-10-4-3-8(7-9(10)13)15-11(16)12(14)5-6-12/h3-4,7H,2,5-6,14H2,1H3,(H,15,16). The van der Waals surface area contributed by atoms with Crippen LogP contribution in [0.4, 0.5) is 5.69 Å². The second kappa shape index (κ2) is 4.55. The van der Waals surface area contributed by atoms with Crippen molar-refractivity contribution in [2.45, 2.75) is 25.3 Å². The van der Waals surface area contributed by atoms with Gasteiger partial charge in [-0.3, -0.25) is 4.79 Å². The molecular weight excluding hydrogens is 240 g/mol. The fraction of sp³-hybridized carbons (Fsp3) is 0.417. The molecule has 0 radical (unpaired) electrons. The van der Waals surface area contributed by atoms with Crippen LogP contribution in [0.2, 0.25) is 5.02 Å². The number of ether oxygens (including phenoxy) is 1. The van der Waals surface area contributed by atoms with E-state index < -0.39 is 5.54 Å². The lowest BCUT2D eigenvalue weighted by Gasteiger charge is -2.11. The molecule has 1 fully saturated rings. The molecule has 17 heavy (non-hydrogen) atoms. The van der Waals surface area contributed by atoms with E-state index in [2.05, 4.69) is 5.32 Å². The van der Waals surface area contributed by atoms with E-state index in [4.69, 9.17) is 22.1 Å². The summed E-state index contributed by atoms with van der Waals surface area (Å²) in [6.45, 7) is 2.44. The summed E-state index contributed by atoms with van der Waals surface area (Å²) in [4.78, 5) is 11.7. The molecular formula is C12H15ClN2O2. The van der Waals surface area contributed by atoms with Crippen molar-refractivity contribution in [1.29, 1.82) is 0 Å². The highest BCUT2D eigenvalue weighted by atomic mass is 35.5. The molecule has 2 rings (SSSR count). The average molecular weight is 255 g/mol. The summed E-state index contributed by atoms with van der Waals surface area (Å²) in [5, 5.41) is 3.23. The highest BCUT2D eigenvalue weighted by Crippen LogP contribution is 2.34. The molecule has 1 amide bonds. The van der Waals surface area contributed by atoms with Crippen molar-refractivity contribution in [3.05, 3.63) is 23.2 Å². The molecule has 1 aromatic rings. The average Bonchev–Trinajstić information content (AvgIpc) is 3.02. The van der Waals surface area contributed by atoms with Crippen LogP contribution in [0.3, 0.4) is 0 Å². The van der Waals surface area contributed by atoms with Crippen molar-refractivity contribution in [2.24, 2.45) is 5.73 Å². The Bertz CT molecular complexity index is 444. The molecule has 0 heterocycles. The topological polar surface area (TPSA) is 64.3 Å². The van der Waals surface area contributed by atoms with Crippen molar-refractivity contribution in [3.63, 3.8) is 0 Å². The van der Waals surface area contributed by atoms with Crippen LogP contribution in [0.25, 0.3) is 0 Å². The number of anilines is 1. The van der Waals surface area contributed by atoms with Gasteiger partial charge in [0, 0.05) is 5.69 Å². The van der Waals surface area contributed by atoms with Crippen LogP contribution >= 0.6 is 11.6 Å². The molecule has 5 heteroatoms. The first kappa shape index (κ1) is 12.2. The van der Waals surface area contributed by atoms with Crippen LogP contribution in [-0.2, 0) is 4.79 Å². The zero-order valence-corrected chi connectivity index (χ0v) is 10.4. The van der Waals surface area contributed by atoms with Gasteiger partial charge in [0.15, 0.2) is 0 Å². The Labute approximate surface area is 105 Å². The van der Waals surface area contributed by atoms with Gasteiger partial charge < -0.3 is 15.8 Å². The van der Waals surface area contributed by atoms with Crippen LogP contribution in [-0.4, -0.2) is 18.1 Å². The fourth-order valence-corrected chi connectivity index (χ4v) is 1.70. The van der Waals surface area contributed by atoms with Crippen molar-refractivity contribution in [1.82, 2.24) is 0 Å². The minimum absolute atomic E-state index is 0.155. The summed E-state index contributed by atoms with van der Waals surface area (Å²) in [6, 6.07) is 5.15. The van der Waals surface area contributed by atoms with Gasteiger partial charge in [0.1, 0.15) is 5.75 Å². The van der Waals surface area contributed by atoms with Gasteiger partial charge in [-0.25, -0.2) is 0 Å². The van der Waals surface area contributed by atoms with Gasteiger partial charge in [-0.15, -0.1) is 0 Å². The number of carbonyl (C=O) groups is 1. The van der Waals surface area contributed by atoms with E-state index in [0.717, 1.165) is 12.8 Å². The maximum absolute atomic E-state index is 11.7. The summed E-state index contributed by atoms with van der Waals surface area (Å²) in [5.74, 6) is 0.457. The summed E-state index contributed by atoms with van der Waals surface area (Å²) >= 11 is 6.01. The number of hydrogen-bond donors (Lipinski definition) is 2. The third kappa shape index (κ3) is 2.70. The Hall–Kier alpha value is -1.26. The van der Waals surface area contributed by atoms with E-state index in [1.165, 1.54) is 0 Å². The first-order valence-electron chi connectivity index (χ1n) is 5.58. The fourth-order valence-electron chi connectivity index (χ4n) is 1.47. The molecule has 3 N–H and O–H groups in total. The largest absolute Gasteiger partial charge is 0.492 e. The molecule has 92 valence electrons. The number of halogens is 1. The maximum Gasteiger partial charge on any atom is 0.244 e. The predicted molar refractivity (Wildman–Crippen MR) is 67.4 cm³/mol. The third-order valence-corrected chi connectivity index (χ3v) is 3.03. The zero-order valence-electron chi connectivity index (χ0n) is 9.63. The van der Waals surface area contributed by atoms with Gasteiger partial charge in [-0.1, -0.05) is 11.6 Å². The quantitative estimate of drug-likeness (QED) is 0.866. The van der Waals surface area contributed by atoms with Crippen LogP contribution in [0.15, 0.2) is 18.2 Å². The van der Waals surface area contributed by atoms with Gasteiger partial charge in [-0.2, -0.15) is 0 Å². The molecule has 0 aromatic heterocycles. The Morgan fingerprint density at radius 3 is 2.82 bits per heavy atom. The van der Waals surface area contributed by atoms with Gasteiger partial charge in [0.05, 0.1) is 17.2 Å². The lowest BCUT2D eigenvalue weighted by molar-refractivity contribution is -0.118. The maximum atomic E-state index is 11.7. The zero-order chi connectivity index (χ0) is 12.5. The SMILES string of the molecule is CCOc1ccc(NC(=O)C2(N)CC2)cc1Cl. The van der Waals surface area contributed by atoms with Crippen molar-refractivity contribution in [3.8, 4) is 5.75 Å². The number of benzene rings is 1. The van der Waals surface area contributed by atoms with Gasteiger partial charge in [0.2, 0.25) is 5.91 Å². The second-order valence-corrected chi connectivity index (χ2v) is 4.60. The van der Waals surface area contributed by atoms with E-state index in [1.807, 2.05) is 6.92 Å². The summed E-state index contributed by atoms with van der Waals surface area (Å²) in [6.07, 6.45) is 1.48. The van der Waals surface area contributed by atoms with Gasteiger partial charge in [-0.05, 0) is 38.0 Å². The van der Waals surface area contributed by atoms with Crippen molar-refractivity contribution >= 4 is 23.2 Å². The van der Waals surface area contributed by atoms with E-state index in [0.29, 0.717) is 23.1 Å². The van der Waals surface area contributed by atoms with E-state index in [9.17, 15) is 4.79 Å². The van der Waals surface area contributed by atoms with Crippen LogP contribution in [0.5, 0.6) is 5.75 Å². The van der Waals surface area contributed by atoms with Crippen molar-refractivity contribution in [2.75, 3.05) is 11.9 Å². The van der Waals surface area contributed by atoms with Gasteiger partial charge >= 0.3 is 0 Å². The van der Waals surface area contributed by atoms with Gasteiger partial charge in [0.25, 0.3) is 0 Å². The Balaban J connectivity index is 2.07. The number of carbonyl (C=O) groups excluding carboxylic acids is 1. The van der Waals surface area contributed by atoms with E-state index in [-0.39, 0.29) is 5.91 Å². The number of nitrogens with two attached hydrogens (primary N) is 1. The highest BCUT2D eigenvalue weighted by molar-refractivity contribution is 6.32. The second-order valence-electron chi connectivity index (χ2n) is 4.19.